The average molecular weight is 239 g/mol. The van der Waals surface area contributed by atoms with E-state index in [1.807, 2.05) is 13.2 Å². The molecule has 0 saturated carbocycles. The maximum atomic E-state index is 3.94. The summed E-state index contributed by atoms with van der Waals surface area (Å²) in [6.07, 6.45) is 3.68. The average Bonchev–Trinajstić information content (AvgIpc) is 2.17. The maximum absolute atomic E-state index is 3.94. The molecule has 0 saturated heterocycles. The molecule has 4 heteroatoms. The summed E-state index contributed by atoms with van der Waals surface area (Å²) in [5, 5.41) is 7.66. The monoisotopic (exact) mass is 239 g/mol. The van der Waals surface area contributed by atoms with Crippen LogP contribution in [0.2, 0.25) is 0 Å². The lowest BCUT2D eigenvalue weighted by molar-refractivity contribution is -0.865. The van der Waals surface area contributed by atoms with Crippen LogP contribution in [0.15, 0.2) is 22.7 Å². The van der Waals surface area contributed by atoms with Crippen LogP contribution in [-0.4, -0.2) is 18.2 Å². The Labute approximate surface area is 72.0 Å². The SMILES string of the molecule is CC[N+]1(C)C=CN=N1.[I-]. The second kappa shape index (κ2) is 3.26. The van der Waals surface area contributed by atoms with Gasteiger partial charge >= 0.3 is 0 Å². The van der Waals surface area contributed by atoms with Crippen molar-refractivity contribution >= 4 is 0 Å². The summed E-state index contributed by atoms with van der Waals surface area (Å²) in [4.78, 5) is 0. The van der Waals surface area contributed by atoms with Gasteiger partial charge in [0.1, 0.15) is 18.9 Å². The molecule has 9 heavy (non-hydrogen) atoms. The molecule has 0 aromatic rings. The first-order valence-corrected chi connectivity index (χ1v) is 2.72. The maximum Gasteiger partial charge on any atom is 0.144 e. The van der Waals surface area contributed by atoms with Crippen LogP contribution in [0, 0.1) is 0 Å². The Morgan fingerprint density at radius 3 is 2.44 bits per heavy atom. The molecule has 0 spiro atoms. The highest BCUT2D eigenvalue weighted by atomic mass is 127. The minimum Gasteiger partial charge on any atom is -1.00 e. The molecule has 1 heterocycles. The van der Waals surface area contributed by atoms with E-state index < -0.39 is 0 Å². The Morgan fingerprint density at radius 2 is 2.22 bits per heavy atom. The Bertz CT molecular complexity index is 129. The number of halogens is 1. The zero-order valence-electron chi connectivity index (χ0n) is 5.58. The van der Waals surface area contributed by atoms with Gasteiger partial charge in [0.25, 0.3) is 0 Å². The van der Waals surface area contributed by atoms with E-state index in [4.69, 9.17) is 0 Å². The lowest BCUT2D eigenvalue weighted by Gasteiger charge is -2.13. The van der Waals surface area contributed by atoms with Crippen LogP contribution in [-0.2, 0) is 0 Å². The van der Waals surface area contributed by atoms with Crippen molar-refractivity contribution < 1.29 is 28.6 Å². The summed E-state index contributed by atoms with van der Waals surface area (Å²) >= 11 is 0. The van der Waals surface area contributed by atoms with Crippen molar-refractivity contribution in [3.8, 4) is 0 Å². The summed E-state index contributed by atoms with van der Waals surface area (Å²) in [5.74, 6) is 0. The van der Waals surface area contributed by atoms with Gasteiger partial charge in [-0.1, -0.05) is 0 Å². The Morgan fingerprint density at radius 1 is 1.56 bits per heavy atom. The van der Waals surface area contributed by atoms with Crippen molar-refractivity contribution in [1.29, 1.82) is 0 Å². The third-order valence-electron chi connectivity index (χ3n) is 1.35. The number of hydrogen-bond acceptors (Lipinski definition) is 2. The minimum atomic E-state index is 0. The van der Waals surface area contributed by atoms with Crippen molar-refractivity contribution in [2.45, 2.75) is 6.92 Å². The van der Waals surface area contributed by atoms with E-state index in [0.29, 0.717) is 4.59 Å². The van der Waals surface area contributed by atoms with E-state index in [9.17, 15) is 0 Å². The summed E-state index contributed by atoms with van der Waals surface area (Å²) in [7, 11) is 2.01. The largest absolute Gasteiger partial charge is 1.00 e. The Balaban J connectivity index is 0.000000640. The Hall–Kier alpha value is 0.0300. The molecule has 1 aliphatic rings. The van der Waals surface area contributed by atoms with Gasteiger partial charge in [-0.25, -0.2) is 0 Å². The molecule has 0 aromatic carbocycles. The number of nitrogens with zero attached hydrogens (tertiary/aromatic N) is 3. The van der Waals surface area contributed by atoms with Crippen molar-refractivity contribution in [2.75, 3.05) is 13.6 Å². The molecule has 0 amide bonds. The molecular weight excluding hydrogens is 229 g/mol. The topological polar surface area (TPSA) is 24.7 Å². The predicted molar refractivity (Wildman–Crippen MR) is 30.7 cm³/mol. The lowest BCUT2D eigenvalue weighted by atomic mass is 10.6. The zero-order chi connectivity index (χ0) is 6.04. The fourth-order valence-electron chi connectivity index (χ4n) is 0.520. The predicted octanol–water partition coefficient (Wildman–Crippen LogP) is -1.69. The lowest BCUT2D eigenvalue weighted by Crippen LogP contribution is -3.00. The van der Waals surface area contributed by atoms with Gasteiger partial charge in [-0.15, -0.1) is 5.11 Å². The molecule has 0 radical (unpaired) electrons. The first-order chi connectivity index (χ1) is 3.77. The quantitative estimate of drug-likeness (QED) is 0.385. The molecule has 52 valence electrons. The van der Waals surface area contributed by atoms with Crippen molar-refractivity contribution in [3.05, 3.63) is 12.4 Å². The first kappa shape index (κ1) is 9.03. The molecule has 1 rings (SSSR count). The van der Waals surface area contributed by atoms with Gasteiger partial charge in [-0.3, -0.25) is 0 Å². The van der Waals surface area contributed by atoms with E-state index in [0.717, 1.165) is 6.54 Å². The van der Waals surface area contributed by atoms with Crippen LogP contribution in [0.3, 0.4) is 0 Å². The molecule has 0 bridgehead atoms. The summed E-state index contributed by atoms with van der Waals surface area (Å²) in [6.45, 7) is 3.05. The standard InChI is InChI=1S/C5H10N3.HI/c1-3-8(2)5-4-6-7-8;/h4-5H,3H2,1-2H3;1H/q+1;/p-1. The molecule has 1 atom stereocenters. The number of rotatable bonds is 1. The van der Waals surface area contributed by atoms with Crippen molar-refractivity contribution in [1.82, 2.24) is 0 Å². The minimum absolute atomic E-state index is 0. The highest BCUT2D eigenvalue weighted by Crippen LogP contribution is 2.10. The van der Waals surface area contributed by atoms with Gasteiger partial charge in [0.05, 0.1) is 7.05 Å². The fraction of sp³-hybridized carbons (Fsp3) is 0.600. The third kappa shape index (κ3) is 2.02. The first-order valence-electron chi connectivity index (χ1n) is 2.72. The van der Waals surface area contributed by atoms with Gasteiger partial charge in [0.2, 0.25) is 0 Å². The van der Waals surface area contributed by atoms with E-state index in [-0.39, 0.29) is 24.0 Å². The van der Waals surface area contributed by atoms with Crippen LogP contribution in [0.1, 0.15) is 6.92 Å². The molecule has 0 aromatic heterocycles. The van der Waals surface area contributed by atoms with Crippen molar-refractivity contribution in [2.24, 2.45) is 10.3 Å². The summed E-state index contributed by atoms with van der Waals surface area (Å²) in [5.41, 5.74) is 0. The van der Waals surface area contributed by atoms with Crippen LogP contribution < -0.4 is 24.0 Å². The fourth-order valence-corrected chi connectivity index (χ4v) is 0.520. The Kier molecular flexibility index (Phi) is 3.27. The van der Waals surface area contributed by atoms with Gasteiger partial charge in [-0.05, 0) is 6.92 Å². The van der Waals surface area contributed by atoms with Gasteiger partial charge in [0.15, 0.2) is 0 Å². The summed E-state index contributed by atoms with van der Waals surface area (Å²) < 4.78 is 0.597. The smallest absolute Gasteiger partial charge is 0.144 e. The number of hydrogen-bond donors (Lipinski definition) is 0. The van der Waals surface area contributed by atoms with E-state index >= 15 is 0 Å². The molecule has 1 unspecified atom stereocenters. The van der Waals surface area contributed by atoms with Gasteiger partial charge < -0.3 is 24.0 Å². The second-order valence-electron chi connectivity index (χ2n) is 2.03. The molecular formula is C5H10IN3. The summed E-state index contributed by atoms with van der Waals surface area (Å²) in [6, 6.07) is 0. The molecule has 0 aliphatic carbocycles. The third-order valence-corrected chi connectivity index (χ3v) is 1.35. The molecule has 0 N–H and O–H groups in total. The highest BCUT2D eigenvalue weighted by Gasteiger charge is 2.17. The molecule has 3 nitrogen and oxygen atoms in total. The van der Waals surface area contributed by atoms with E-state index in [1.54, 1.807) is 6.20 Å². The van der Waals surface area contributed by atoms with E-state index in [2.05, 4.69) is 17.3 Å². The van der Waals surface area contributed by atoms with E-state index in [1.165, 1.54) is 0 Å². The molecule has 1 aliphatic heterocycles. The molecule has 0 fully saturated rings. The van der Waals surface area contributed by atoms with Crippen LogP contribution in [0.5, 0.6) is 0 Å². The van der Waals surface area contributed by atoms with Gasteiger partial charge in [0, 0.05) is 5.22 Å². The van der Waals surface area contributed by atoms with Crippen LogP contribution in [0.4, 0.5) is 0 Å². The van der Waals surface area contributed by atoms with Crippen LogP contribution in [0.25, 0.3) is 0 Å². The number of quaternary nitrogens is 1. The highest BCUT2D eigenvalue weighted by molar-refractivity contribution is 4.71. The van der Waals surface area contributed by atoms with Crippen molar-refractivity contribution in [3.63, 3.8) is 0 Å². The zero-order valence-corrected chi connectivity index (χ0v) is 7.74. The normalized spacial score (nSPS) is 30.4. The second-order valence-corrected chi connectivity index (χ2v) is 2.03. The van der Waals surface area contributed by atoms with Gasteiger partial charge in [-0.2, -0.15) is 4.59 Å². The van der Waals surface area contributed by atoms with Crippen LogP contribution >= 0.6 is 0 Å².